The van der Waals surface area contributed by atoms with Crippen LogP contribution in [0.25, 0.3) is 89.0 Å². The highest BCUT2D eigenvalue weighted by molar-refractivity contribution is 5.72. The summed E-state index contributed by atoms with van der Waals surface area (Å²) in [6.07, 6.45) is 0.362. The maximum Gasteiger partial charge on any atom is 0.394 e. The van der Waals surface area contributed by atoms with Gasteiger partial charge in [-0.1, -0.05) is 495 Å². The van der Waals surface area contributed by atoms with E-state index in [0.717, 1.165) is 42.7 Å². The van der Waals surface area contributed by atoms with Gasteiger partial charge in [-0.25, -0.2) is 0 Å². The zero-order valence-electron chi connectivity index (χ0n) is 96.5. The van der Waals surface area contributed by atoms with Crippen molar-refractivity contribution in [2.45, 2.75) is 297 Å². The van der Waals surface area contributed by atoms with Gasteiger partial charge < -0.3 is 0 Å². The van der Waals surface area contributed by atoms with E-state index in [0.29, 0.717) is 46.0 Å². The van der Waals surface area contributed by atoms with Crippen molar-refractivity contribution in [3.8, 4) is 89.0 Å². The number of halogens is 3. The summed E-state index contributed by atoms with van der Waals surface area (Å²) < 4.78 is 38.8. The van der Waals surface area contributed by atoms with Crippen molar-refractivity contribution < 1.29 is 13.2 Å². The van der Waals surface area contributed by atoms with Gasteiger partial charge in [0, 0.05) is 0 Å². The van der Waals surface area contributed by atoms with Crippen LogP contribution in [-0.4, -0.2) is 6.18 Å². The molecule has 16 aromatic carbocycles. The van der Waals surface area contributed by atoms with Crippen LogP contribution in [0, 0.1) is 125 Å². The predicted molar refractivity (Wildman–Crippen MR) is 645 cm³/mol. The fraction of sp³-hybridized carbons (Fsp3) is 0.338. The summed E-state index contributed by atoms with van der Waals surface area (Å²) in [6, 6.07) is 125. The van der Waals surface area contributed by atoms with Gasteiger partial charge in [-0.05, 0) is 381 Å². The molecule has 0 N–H and O–H groups in total. The van der Waals surface area contributed by atoms with Gasteiger partial charge in [-0.2, -0.15) is 13.2 Å². The van der Waals surface area contributed by atoms with E-state index in [4.69, 9.17) is 0 Å². The molecule has 776 valence electrons. The minimum atomic E-state index is -4.19. The molecule has 0 heterocycles. The summed E-state index contributed by atoms with van der Waals surface area (Å²) in [5.74, 6) is 3.76. The zero-order valence-corrected chi connectivity index (χ0v) is 96.5. The highest BCUT2D eigenvalue weighted by Gasteiger charge is 2.47. The highest BCUT2D eigenvalue weighted by atomic mass is 19.4. The molecule has 0 bridgehead atoms. The van der Waals surface area contributed by atoms with Crippen LogP contribution < -0.4 is 0 Å². The molecule has 0 fully saturated rings. The summed E-state index contributed by atoms with van der Waals surface area (Å²) in [6.45, 7) is 73.4. The Hall–Kier alpha value is -12.7. The van der Waals surface area contributed by atoms with Crippen LogP contribution in [0.3, 0.4) is 0 Å². The van der Waals surface area contributed by atoms with Gasteiger partial charge in [-0.15, -0.1) is 0 Å². The molecule has 148 heavy (non-hydrogen) atoms. The Labute approximate surface area is 895 Å². The number of hydrogen-bond acceptors (Lipinski definition) is 0. The van der Waals surface area contributed by atoms with E-state index in [9.17, 15) is 13.2 Å². The van der Waals surface area contributed by atoms with Gasteiger partial charge in [-0.3, -0.25) is 0 Å². The molecule has 0 nitrogen and oxygen atoms in total. The van der Waals surface area contributed by atoms with Gasteiger partial charge >= 0.3 is 6.18 Å². The fourth-order valence-corrected chi connectivity index (χ4v) is 18.5. The van der Waals surface area contributed by atoms with Crippen molar-refractivity contribution >= 4 is 0 Å². The van der Waals surface area contributed by atoms with Gasteiger partial charge in [0.15, 0.2) is 0 Å². The fourth-order valence-electron chi connectivity index (χ4n) is 18.5. The number of benzene rings is 16. The normalized spacial score (nSPS) is 11.4. The number of aryl methyl sites for hydroxylation is 14. The van der Waals surface area contributed by atoms with Crippen molar-refractivity contribution in [1.82, 2.24) is 0 Å². The monoisotopic (exact) mass is 1970 g/mol. The van der Waals surface area contributed by atoms with E-state index in [2.05, 4.69) is 537 Å². The van der Waals surface area contributed by atoms with Gasteiger partial charge in [0.1, 0.15) is 0 Å². The predicted octanol–water partition coefficient (Wildman–Crippen LogP) is 43.3. The molecular weight excluding hydrogens is 1800 g/mol. The molecule has 0 unspecified atom stereocenters. The summed E-state index contributed by atoms with van der Waals surface area (Å²) in [4.78, 5) is 0. The Morgan fingerprint density at radius 3 is 0.541 bits per heavy atom. The Kier molecular flexibility index (Phi) is 44.2. The van der Waals surface area contributed by atoms with Crippen LogP contribution in [0.15, 0.2) is 346 Å². The maximum absolute atomic E-state index is 12.9. The summed E-state index contributed by atoms with van der Waals surface area (Å²) in [5, 5.41) is 0. The number of rotatable bonds is 20. The Morgan fingerprint density at radius 2 is 0.351 bits per heavy atom. The molecule has 0 aliphatic heterocycles. The van der Waals surface area contributed by atoms with Crippen LogP contribution in [-0.2, 0) is 32.1 Å². The molecule has 16 aromatic rings. The summed E-state index contributed by atoms with van der Waals surface area (Å²) in [5.41, 5.74) is 50.4. The molecule has 0 spiro atoms. The number of alkyl halides is 3. The summed E-state index contributed by atoms with van der Waals surface area (Å²) >= 11 is 0. The molecule has 0 saturated heterocycles. The SMILES string of the molecule is Cc1ccc(-c2ccc(C)c(C(C)C)c2)cc1.Cc1ccc(-c2ccc(C)c(C)c2)cc1.Cc1ccc(-c2ccc(CC(C)(C)C(F)(F)F)cc2)cc1C.Cc1ccc(-c2ccc(CC(C)(C)C)cc2)cc1C.Cc1ccc(-c2ccc(CC(C)(C)C)cc2)cc1C(C)C.Cc1ccc(-c2ccc(CC(C)C)cc2)cc1C.Cc1ccc(-c2ccc(CC(C)C)cc2)cc1C(C)C.Cc1ccc(-c2ccccc2)cc1C(C)C. The van der Waals surface area contributed by atoms with Crippen molar-refractivity contribution in [3.05, 3.63) is 474 Å². The first-order valence-electron chi connectivity index (χ1n) is 54.1. The molecule has 0 aromatic heterocycles. The third-order valence-corrected chi connectivity index (χ3v) is 28.1. The van der Waals surface area contributed by atoms with Crippen molar-refractivity contribution in [3.63, 3.8) is 0 Å². The van der Waals surface area contributed by atoms with E-state index in [1.165, 1.54) is 214 Å². The second kappa shape index (κ2) is 55.0. The van der Waals surface area contributed by atoms with E-state index in [-0.39, 0.29) is 6.42 Å². The van der Waals surface area contributed by atoms with Crippen molar-refractivity contribution in [2.24, 2.45) is 28.1 Å². The lowest BCUT2D eigenvalue weighted by Crippen LogP contribution is -2.34. The first kappa shape index (κ1) is 119. The smallest absolute Gasteiger partial charge is 0.171 e. The van der Waals surface area contributed by atoms with E-state index >= 15 is 0 Å². The van der Waals surface area contributed by atoms with Gasteiger partial charge in [0.05, 0.1) is 5.41 Å². The maximum atomic E-state index is 12.9. The Bertz CT molecular complexity index is 6810. The molecule has 3 heteroatoms. The Balaban J connectivity index is 0.000000188. The molecule has 0 amide bonds. The van der Waals surface area contributed by atoms with Crippen LogP contribution in [0.1, 0.15) is 290 Å². The van der Waals surface area contributed by atoms with Crippen LogP contribution in [0.2, 0.25) is 0 Å². The molecule has 0 atom stereocenters. The van der Waals surface area contributed by atoms with Gasteiger partial charge in [0.25, 0.3) is 0 Å². The minimum absolute atomic E-state index is 0.0102. The molecule has 0 aliphatic carbocycles. The third-order valence-electron chi connectivity index (χ3n) is 28.1. The van der Waals surface area contributed by atoms with Crippen LogP contribution in [0.5, 0.6) is 0 Å². The lowest BCUT2D eigenvalue weighted by Gasteiger charge is -2.27. The molecular formula is C145H175F3. The second-order valence-electron chi connectivity index (χ2n) is 46.9. The zero-order chi connectivity index (χ0) is 109. The number of hydrogen-bond donors (Lipinski definition) is 0. The van der Waals surface area contributed by atoms with Crippen molar-refractivity contribution in [2.75, 3.05) is 0 Å². The van der Waals surface area contributed by atoms with Crippen LogP contribution in [0.4, 0.5) is 13.2 Å². The average molecular weight is 1970 g/mol. The molecule has 0 radical (unpaired) electrons. The lowest BCUT2D eigenvalue weighted by atomic mass is 9.84. The van der Waals surface area contributed by atoms with Crippen molar-refractivity contribution in [1.29, 1.82) is 0 Å². The Morgan fingerprint density at radius 1 is 0.176 bits per heavy atom. The van der Waals surface area contributed by atoms with E-state index < -0.39 is 11.6 Å². The topological polar surface area (TPSA) is 0 Å². The molecule has 16 rings (SSSR count). The minimum Gasteiger partial charge on any atom is -0.171 e. The quantitative estimate of drug-likeness (QED) is 0.0713. The van der Waals surface area contributed by atoms with E-state index in [1.807, 2.05) is 18.2 Å². The first-order chi connectivity index (χ1) is 69.7. The highest BCUT2D eigenvalue weighted by Crippen LogP contribution is 2.42. The van der Waals surface area contributed by atoms with Gasteiger partial charge in [0.2, 0.25) is 0 Å². The third kappa shape index (κ3) is 37.5. The second-order valence-corrected chi connectivity index (χ2v) is 46.9. The summed E-state index contributed by atoms with van der Waals surface area (Å²) in [7, 11) is 0. The lowest BCUT2D eigenvalue weighted by molar-refractivity contribution is -0.211. The standard InChI is InChI=1S/C21H28.C20H26.C19H21F3.C19H24.C18H22.C17H20.C16H18.C15H16/c1-15(2)20-13-19(10-7-16(20)3)18-11-8-17(9-12-18)14-21(4,5)6;1-14(2)12-17-7-10-18(11-8-17)19-9-6-16(5)20(13-19)15(3)4;1-13-5-8-17(11-14(13)2)16-9-6-15(7-10-16)12-18(3,4)19(20,21)22;1-14-6-9-18(12-15(14)2)17-10-7-16(8-11-17)13-19(3,4)5;1-13(2)11-16-6-9-17(10-7-16)18-8-5-14(3)15(4)12-18;1-12(2)17-11-16(10-7-14(17)4)15-8-5-13(3)6-9-15;1-12(2)16-11-15(10-9-13(16)3)14-7-5-4-6-8-14;1-11-4-7-14(8-5-11)15-9-6-12(2)13(3)10-15/h7-13,15H,14H2,1-6H3;6-11,13-15H,12H2,1-5H3;5-11H,12H2,1-4H3;6-12H,13H2,1-5H3;5-10,12-13H,11H2,1-4H3;5-12H,1-4H3;4-12H,1-3H3;4-10H,1-3H3. The largest absolute Gasteiger partial charge is 0.394 e. The molecule has 0 saturated carbocycles. The molecule has 0 aliphatic rings. The van der Waals surface area contributed by atoms with Crippen LogP contribution >= 0.6 is 0 Å². The first-order valence-corrected chi connectivity index (χ1v) is 54.1. The average Bonchev–Trinajstić information content (AvgIpc) is 0.826. The van der Waals surface area contributed by atoms with E-state index in [1.54, 1.807) is 12.1 Å².